The Morgan fingerprint density at radius 2 is 0.815 bits per heavy atom. The monoisotopic (exact) mass is 430 g/mol. The van der Waals surface area contributed by atoms with Gasteiger partial charge in [0.1, 0.15) is 48.8 Å². The first-order chi connectivity index (χ1) is 11.8. The van der Waals surface area contributed by atoms with E-state index in [2.05, 4.69) is 0 Å². The fraction of sp³-hybridized carbons (Fsp3) is 0.833. The summed E-state index contributed by atoms with van der Waals surface area (Å²) in [4.78, 5) is 20.0. The number of carboxylic acids is 2. The van der Waals surface area contributed by atoms with Crippen molar-refractivity contribution in [3.63, 3.8) is 0 Å². The molecule has 14 nitrogen and oxygen atoms in total. The fourth-order valence-corrected chi connectivity index (χ4v) is 1.32. The van der Waals surface area contributed by atoms with Gasteiger partial charge in [0, 0.05) is 0 Å². The summed E-state index contributed by atoms with van der Waals surface area (Å²) in [5.74, 6) is -3.95. The average Bonchev–Trinajstić information content (AvgIpc) is 2.62. The SMILES string of the molecule is O=C([O-])[C@H](O)[C@H](O)[C@H](O)[C@H](O)CO.O=C([O-])[C@H](O)[C@H](O)[C@H](O)[C@H](O)CO.[Ca+2]. The molecule has 8 atom stereocenters. The quantitative estimate of drug-likeness (QED) is 0.144. The summed E-state index contributed by atoms with van der Waals surface area (Å²) in [6, 6.07) is 0. The van der Waals surface area contributed by atoms with Gasteiger partial charge in [-0.15, -0.1) is 0 Å². The van der Waals surface area contributed by atoms with E-state index in [4.69, 9.17) is 51.1 Å². The third-order valence-corrected chi connectivity index (χ3v) is 2.99. The molecule has 27 heavy (non-hydrogen) atoms. The van der Waals surface area contributed by atoms with E-state index in [9.17, 15) is 19.8 Å². The van der Waals surface area contributed by atoms with Crippen LogP contribution in [0.15, 0.2) is 0 Å². The van der Waals surface area contributed by atoms with Gasteiger partial charge in [-0.1, -0.05) is 0 Å². The molecule has 0 aromatic rings. The molecule has 156 valence electrons. The molecule has 0 fully saturated rings. The molecule has 0 aromatic carbocycles. The predicted octanol–water partition coefficient (Wildman–Crippen LogP) is -10.0. The zero-order valence-electron chi connectivity index (χ0n) is 13.8. The Morgan fingerprint density at radius 3 is 0.963 bits per heavy atom. The smallest absolute Gasteiger partial charge is 0.547 e. The molecule has 0 aliphatic rings. The van der Waals surface area contributed by atoms with Gasteiger partial charge in [-0.3, -0.25) is 0 Å². The summed E-state index contributed by atoms with van der Waals surface area (Å²) in [5, 5.41) is 107. The topological polar surface area (TPSA) is 283 Å². The summed E-state index contributed by atoms with van der Waals surface area (Å²) in [6.07, 6.45) is -16.2. The first-order valence-corrected chi connectivity index (χ1v) is 6.91. The molecule has 0 aliphatic carbocycles. The molecule has 0 aromatic heterocycles. The summed E-state index contributed by atoms with van der Waals surface area (Å²) in [6.45, 7) is -1.73. The van der Waals surface area contributed by atoms with E-state index in [0.29, 0.717) is 0 Å². The molecule has 0 heterocycles. The van der Waals surface area contributed by atoms with Gasteiger partial charge in [0.25, 0.3) is 0 Å². The summed E-state index contributed by atoms with van der Waals surface area (Å²) in [5.41, 5.74) is 0. The molecule has 15 heteroatoms. The van der Waals surface area contributed by atoms with Gasteiger partial charge in [0.05, 0.1) is 25.2 Å². The molecule has 0 unspecified atom stereocenters. The van der Waals surface area contributed by atoms with Crippen molar-refractivity contribution in [2.75, 3.05) is 13.2 Å². The zero-order chi connectivity index (χ0) is 21.2. The second kappa shape index (κ2) is 15.7. The van der Waals surface area contributed by atoms with E-state index in [1.807, 2.05) is 0 Å². The van der Waals surface area contributed by atoms with Crippen LogP contribution in [0.4, 0.5) is 0 Å². The Hall–Kier alpha value is -0.200. The minimum atomic E-state index is -2.31. The van der Waals surface area contributed by atoms with Gasteiger partial charge in [-0.2, -0.15) is 0 Å². The predicted molar refractivity (Wildman–Crippen MR) is 78.0 cm³/mol. The second-order valence-electron chi connectivity index (χ2n) is 4.99. The van der Waals surface area contributed by atoms with Crippen LogP contribution < -0.4 is 10.2 Å². The molecule has 0 amide bonds. The van der Waals surface area contributed by atoms with Gasteiger partial charge in [0.15, 0.2) is 0 Å². The minimum absolute atomic E-state index is 0. The van der Waals surface area contributed by atoms with E-state index in [1.54, 1.807) is 0 Å². The van der Waals surface area contributed by atoms with Crippen molar-refractivity contribution in [2.45, 2.75) is 48.8 Å². The Balaban J connectivity index is -0.000000411. The Labute approximate surface area is 182 Å². The van der Waals surface area contributed by atoms with Gasteiger partial charge < -0.3 is 70.9 Å². The van der Waals surface area contributed by atoms with Crippen molar-refractivity contribution in [3.8, 4) is 0 Å². The standard InChI is InChI=1S/2C6H12O7.Ca/c2*7-1-2(8)3(9)4(10)5(11)6(12)13;/h2*2-5,7-11H,1H2,(H,12,13);/q;;+2/p-2/t2*2-,3-,4-,5-;/m11./s1. The maximum absolute atomic E-state index is 9.98. The van der Waals surface area contributed by atoms with Crippen LogP contribution >= 0.6 is 0 Å². The summed E-state index contributed by atoms with van der Waals surface area (Å²) >= 11 is 0. The number of rotatable bonds is 10. The van der Waals surface area contributed by atoms with Crippen LogP contribution in [-0.2, 0) is 9.59 Å². The van der Waals surface area contributed by atoms with E-state index < -0.39 is 74.0 Å². The number of aliphatic hydroxyl groups is 10. The molecular weight excluding hydrogens is 408 g/mol. The first kappa shape index (κ1) is 31.5. The van der Waals surface area contributed by atoms with E-state index in [1.165, 1.54) is 0 Å². The molecule has 0 spiro atoms. The van der Waals surface area contributed by atoms with Gasteiger partial charge >= 0.3 is 37.7 Å². The van der Waals surface area contributed by atoms with Crippen LogP contribution in [0.2, 0.25) is 0 Å². The van der Waals surface area contributed by atoms with Crippen LogP contribution in [0.5, 0.6) is 0 Å². The van der Waals surface area contributed by atoms with Crippen molar-refractivity contribution in [1.29, 1.82) is 0 Å². The fourth-order valence-electron chi connectivity index (χ4n) is 1.32. The van der Waals surface area contributed by atoms with Crippen LogP contribution in [0, 0.1) is 0 Å². The molecule has 0 aliphatic heterocycles. The van der Waals surface area contributed by atoms with Crippen molar-refractivity contribution in [1.82, 2.24) is 0 Å². The third kappa shape index (κ3) is 11.4. The maximum atomic E-state index is 9.98. The molecular formula is C12H22CaO14. The largest absolute Gasteiger partial charge is 2.00 e. The van der Waals surface area contributed by atoms with Crippen LogP contribution in [0.25, 0.3) is 0 Å². The normalized spacial score (nSPS) is 19.6. The number of carbonyl (C=O) groups is 2. The van der Waals surface area contributed by atoms with Gasteiger partial charge in [-0.05, 0) is 0 Å². The number of carbonyl (C=O) groups excluding carboxylic acids is 2. The van der Waals surface area contributed by atoms with Crippen molar-refractivity contribution < 1.29 is 70.9 Å². The number of aliphatic hydroxyl groups excluding tert-OH is 10. The number of hydrogen-bond acceptors (Lipinski definition) is 14. The van der Waals surface area contributed by atoms with Crippen LogP contribution in [-0.4, -0.2) is 163 Å². The Kier molecular flexibility index (Phi) is 18.3. The van der Waals surface area contributed by atoms with Crippen molar-refractivity contribution in [3.05, 3.63) is 0 Å². The zero-order valence-corrected chi connectivity index (χ0v) is 16.1. The molecule has 10 N–H and O–H groups in total. The number of aliphatic carboxylic acids is 2. The average molecular weight is 430 g/mol. The Morgan fingerprint density at radius 1 is 0.593 bits per heavy atom. The van der Waals surface area contributed by atoms with Crippen molar-refractivity contribution in [2.24, 2.45) is 0 Å². The molecule has 0 radical (unpaired) electrons. The van der Waals surface area contributed by atoms with E-state index >= 15 is 0 Å². The molecule has 0 rings (SSSR count). The van der Waals surface area contributed by atoms with Crippen LogP contribution in [0.3, 0.4) is 0 Å². The summed E-state index contributed by atoms with van der Waals surface area (Å²) < 4.78 is 0. The Bertz CT molecular complexity index is 385. The number of carboxylic acid groups (broad SMARTS) is 2. The maximum Gasteiger partial charge on any atom is 2.00 e. The second-order valence-corrected chi connectivity index (χ2v) is 4.99. The number of hydrogen-bond donors (Lipinski definition) is 10. The molecule has 0 saturated carbocycles. The third-order valence-electron chi connectivity index (χ3n) is 2.99. The minimum Gasteiger partial charge on any atom is -0.547 e. The molecule has 0 saturated heterocycles. The van der Waals surface area contributed by atoms with E-state index in [-0.39, 0.29) is 37.7 Å². The summed E-state index contributed by atoms with van der Waals surface area (Å²) in [7, 11) is 0. The van der Waals surface area contributed by atoms with Gasteiger partial charge in [-0.25, -0.2) is 0 Å². The van der Waals surface area contributed by atoms with Crippen molar-refractivity contribution >= 4 is 49.7 Å². The molecule has 0 bridgehead atoms. The van der Waals surface area contributed by atoms with E-state index in [0.717, 1.165) is 0 Å². The first-order valence-electron chi connectivity index (χ1n) is 6.91. The van der Waals surface area contributed by atoms with Crippen LogP contribution in [0.1, 0.15) is 0 Å². The van der Waals surface area contributed by atoms with Gasteiger partial charge in [0.2, 0.25) is 0 Å².